The van der Waals surface area contributed by atoms with E-state index in [1.165, 1.54) is 4.31 Å². The molecule has 0 aliphatic carbocycles. The first-order valence-electron chi connectivity index (χ1n) is 9.01. The van der Waals surface area contributed by atoms with Crippen molar-refractivity contribution in [2.24, 2.45) is 0 Å². The van der Waals surface area contributed by atoms with E-state index in [1.807, 2.05) is 36.4 Å². The number of aromatic nitrogens is 1. The second kappa shape index (κ2) is 8.05. The number of rotatable bonds is 5. The van der Waals surface area contributed by atoms with Gasteiger partial charge < -0.3 is 4.52 Å². The van der Waals surface area contributed by atoms with E-state index in [0.29, 0.717) is 37.7 Å². The fourth-order valence-corrected chi connectivity index (χ4v) is 4.79. The molecule has 0 radical (unpaired) electrons. The van der Waals surface area contributed by atoms with Crippen LogP contribution in [-0.2, 0) is 16.6 Å². The Labute approximate surface area is 169 Å². The van der Waals surface area contributed by atoms with Crippen LogP contribution in [0.4, 0.5) is 0 Å². The van der Waals surface area contributed by atoms with Gasteiger partial charge in [-0.2, -0.15) is 4.31 Å². The molecule has 0 atom stereocenters. The SMILES string of the molecule is O=S(=O)(c1ccc(Cl)cc1)N1CCN(Cc2cc(-c3ccccc3)on2)CC1. The molecule has 0 unspecified atom stereocenters. The normalized spacial score (nSPS) is 16.3. The molecule has 0 N–H and O–H groups in total. The van der Waals surface area contributed by atoms with Crippen LogP contribution in [0.5, 0.6) is 0 Å². The van der Waals surface area contributed by atoms with Gasteiger partial charge in [0.2, 0.25) is 10.0 Å². The van der Waals surface area contributed by atoms with Crippen LogP contribution in [0.25, 0.3) is 11.3 Å². The zero-order chi connectivity index (χ0) is 19.6. The summed E-state index contributed by atoms with van der Waals surface area (Å²) in [6.45, 7) is 2.79. The Bertz CT molecular complexity index is 1030. The highest BCUT2D eigenvalue weighted by atomic mass is 35.5. The average Bonchev–Trinajstić information content (AvgIpc) is 3.18. The topological polar surface area (TPSA) is 66.7 Å². The summed E-state index contributed by atoms with van der Waals surface area (Å²) in [6.07, 6.45) is 0. The molecule has 2 aromatic carbocycles. The maximum absolute atomic E-state index is 12.8. The molecule has 8 heteroatoms. The van der Waals surface area contributed by atoms with Crippen LogP contribution in [0, 0.1) is 0 Å². The third-order valence-electron chi connectivity index (χ3n) is 4.79. The van der Waals surface area contributed by atoms with Gasteiger partial charge in [0.15, 0.2) is 5.76 Å². The lowest BCUT2D eigenvalue weighted by Gasteiger charge is -2.33. The first-order valence-corrected chi connectivity index (χ1v) is 10.8. The minimum atomic E-state index is -3.49. The lowest BCUT2D eigenvalue weighted by molar-refractivity contribution is 0.178. The van der Waals surface area contributed by atoms with E-state index in [2.05, 4.69) is 10.1 Å². The van der Waals surface area contributed by atoms with Gasteiger partial charge in [-0.1, -0.05) is 47.1 Å². The number of halogens is 1. The Balaban J connectivity index is 1.37. The number of sulfonamides is 1. The first-order chi connectivity index (χ1) is 13.5. The van der Waals surface area contributed by atoms with Crippen LogP contribution in [0.3, 0.4) is 0 Å². The van der Waals surface area contributed by atoms with Gasteiger partial charge in [-0.15, -0.1) is 0 Å². The molecule has 4 rings (SSSR count). The molecular weight excluding hydrogens is 398 g/mol. The molecule has 1 aromatic heterocycles. The predicted octanol–water partition coefficient (Wildman–Crippen LogP) is 3.50. The molecule has 1 aliphatic heterocycles. The molecule has 146 valence electrons. The molecule has 6 nitrogen and oxygen atoms in total. The van der Waals surface area contributed by atoms with E-state index in [9.17, 15) is 8.42 Å². The second-order valence-corrected chi connectivity index (χ2v) is 9.06. The van der Waals surface area contributed by atoms with E-state index in [1.54, 1.807) is 24.3 Å². The van der Waals surface area contributed by atoms with E-state index < -0.39 is 10.0 Å². The van der Waals surface area contributed by atoms with Crippen LogP contribution in [0.1, 0.15) is 5.69 Å². The molecule has 1 fully saturated rings. The largest absolute Gasteiger partial charge is 0.356 e. The van der Waals surface area contributed by atoms with Crippen molar-refractivity contribution in [3.05, 3.63) is 71.4 Å². The highest BCUT2D eigenvalue weighted by molar-refractivity contribution is 7.89. The van der Waals surface area contributed by atoms with E-state index in [4.69, 9.17) is 16.1 Å². The molecule has 0 spiro atoms. The number of hydrogen-bond acceptors (Lipinski definition) is 5. The molecule has 1 aliphatic rings. The number of benzene rings is 2. The molecule has 2 heterocycles. The quantitative estimate of drug-likeness (QED) is 0.635. The fraction of sp³-hybridized carbons (Fsp3) is 0.250. The lowest BCUT2D eigenvalue weighted by atomic mass is 10.1. The van der Waals surface area contributed by atoms with Gasteiger partial charge in [-0.05, 0) is 24.3 Å². The highest BCUT2D eigenvalue weighted by Gasteiger charge is 2.28. The summed E-state index contributed by atoms with van der Waals surface area (Å²) in [4.78, 5) is 2.45. The van der Waals surface area contributed by atoms with Gasteiger partial charge in [0.25, 0.3) is 0 Å². The lowest BCUT2D eigenvalue weighted by Crippen LogP contribution is -2.48. The number of nitrogens with zero attached hydrogens (tertiary/aromatic N) is 3. The van der Waals surface area contributed by atoms with Crippen molar-refractivity contribution in [1.82, 2.24) is 14.4 Å². The summed E-state index contributed by atoms with van der Waals surface area (Å²) in [7, 11) is -3.49. The summed E-state index contributed by atoms with van der Waals surface area (Å²) in [5.41, 5.74) is 1.83. The third-order valence-corrected chi connectivity index (χ3v) is 6.95. The van der Waals surface area contributed by atoms with Crippen molar-refractivity contribution in [1.29, 1.82) is 0 Å². The van der Waals surface area contributed by atoms with Gasteiger partial charge in [0.1, 0.15) is 0 Å². The van der Waals surface area contributed by atoms with Gasteiger partial charge in [0.05, 0.1) is 10.6 Å². The van der Waals surface area contributed by atoms with Gasteiger partial charge in [0, 0.05) is 49.4 Å². The maximum atomic E-state index is 12.8. The molecule has 0 saturated carbocycles. The number of piperazine rings is 1. The standard InChI is InChI=1S/C20H20ClN3O3S/c21-17-6-8-19(9-7-17)28(25,26)24-12-10-23(11-13-24)15-18-14-20(27-22-18)16-4-2-1-3-5-16/h1-9,14H,10-13,15H2. The monoisotopic (exact) mass is 417 g/mol. The molecule has 3 aromatic rings. The maximum Gasteiger partial charge on any atom is 0.243 e. The summed E-state index contributed by atoms with van der Waals surface area (Å²) < 4.78 is 32.5. The van der Waals surface area contributed by atoms with Crippen molar-refractivity contribution < 1.29 is 12.9 Å². The van der Waals surface area contributed by atoms with Gasteiger partial charge in [-0.3, -0.25) is 4.90 Å². The Kier molecular flexibility index (Phi) is 5.50. The Morgan fingerprint density at radius 1 is 0.964 bits per heavy atom. The summed E-state index contributed by atoms with van der Waals surface area (Å²) >= 11 is 5.86. The van der Waals surface area contributed by atoms with Crippen LogP contribution in [-0.4, -0.2) is 49.0 Å². The summed E-state index contributed by atoms with van der Waals surface area (Å²) in [6, 6.07) is 18.0. The Hall–Kier alpha value is -2.19. The zero-order valence-corrected chi connectivity index (χ0v) is 16.7. The Morgan fingerprint density at radius 2 is 1.64 bits per heavy atom. The summed E-state index contributed by atoms with van der Waals surface area (Å²) in [5.74, 6) is 0.736. The zero-order valence-electron chi connectivity index (χ0n) is 15.2. The predicted molar refractivity (Wildman–Crippen MR) is 107 cm³/mol. The van der Waals surface area contributed by atoms with E-state index >= 15 is 0 Å². The van der Waals surface area contributed by atoms with Crippen molar-refractivity contribution in [3.63, 3.8) is 0 Å². The molecular formula is C20H20ClN3O3S. The van der Waals surface area contributed by atoms with Gasteiger partial charge in [-0.25, -0.2) is 8.42 Å². The van der Waals surface area contributed by atoms with Crippen molar-refractivity contribution in [3.8, 4) is 11.3 Å². The molecule has 0 bridgehead atoms. The van der Waals surface area contributed by atoms with Gasteiger partial charge >= 0.3 is 0 Å². The van der Waals surface area contributed by atoms with Crippen molar-refractivity contribution >= 4 is 21.6 Å². The van der Waals surface area contributed by atoms with Crippen LogP contribution < -0.4 is 0 Å². The highest BCUT2D eigenvalue weighted by Crippen LogP contribution is 2.22. The minimum Gasteiger partial charge on any atom is -0.356 e. The third kappa shape index (κ3) is 4.12. The smallest absolute Gasteiger partial charge is 0.243 e. The van der Waals surface area contributed by atoms with E-state index in [-0.39, 0.29) is 4.90 Å². The minimum absolute atomic E-state index is 0.273. The van der Waals surface area contributed by atoms with Crippen LogP contribution in [0.2, 0.25) is 5.02 Å². The average molecular weight is 418 g/mol. The van der Waals surface area contributed by atoms with Crippen molar-refractivity contribution in [2.75, 3.05) is 26.2 Å². The molecule has 0 amide bonds. The first kappa shape index (κ1) is 19.1. The Morgan fingerprint density at radius 3 is 2.32 bits per heavy atom. The fourth-order valence-electron chi connectivity index (χ4n) is 3.24. The number of hydrogen-bond donors (Lipinski definition) is 0. The second-order valence-electron chi connectivity index (χ2n) is 6.68. The summed E-state index contributed by atoms with van der Waals surface area (Å²) in [5, 5.41) is 4.67. The van der Waals surface area contributed by atoms with Crippen molar-refractivity contribution in [2.45, 2.75) is 11.4 Å². The molecule has 1 saturated heterocycles. The van der Waals surface area contributed by atoms with Crippen LogP contribution in [0.15, 0.2) is 70.1 Å². The van der Waals surface area contributed by atoms with E-state index in [0.717, 1.165) is 17.0 Å². The van der Waals surface area contributed by atoms with Crippen LogP contribution >= 0.6 is 11.6 Å². The molecule has 28 heavy (non-hydrogen) atoms.